The molecule has 6 nitrogen and oxygen atoms in total. The van der Waals surface area contributed by atoms with Gasteiger partial charge in [0.15, 0.2) is 5.82 Å². The first-order valence-electron chi connectivity index (χ1n) is 6.60. The maximum atomic E-state index is 10.6. The third-order valence-corrected chi connectivity index (χ3v) is 3.48. The predicted molar refractivity (Wildman–Crippen MR) is 71.8 cm³/mol. The number of nitrogens with zero attached hydrogens (tertiary/aromatic N) is 2. The van der Waals surface area contributed by atoms with Crippen LogP contribution in [0.15, 0.2) is 28.8 Å². The number of carbonyl (C=O) groups is 1. The van der Waals surface area contributed by atoms with Crippen LogP contribution in [0.25, 0.3) is 0 Å². The van der Waals surface area contributed by atoms with E-state index < -0.39 is 5.91 Å². The Balaban J connectivity index is 1.62. The molecule has 2 aromatic rings. The number of benzene rings is 1. The van der Waals surface area contributed by atoms with E-state index in [0.29, 0.717) is 12.4 Å². The molecule has 0 saturated heterocycles. The van der Waals surface area contributed by atoms with Crippen molar-refractivity contribution in [1.29, 1.82) is 0 Å². The SMILES string of the molecule is NC(=O)CNCc1nc(C2Cc3ccccc3C2)no1. The Morgan fingerprint density at radius 2 is 2.05 bits per heavy atom. The van der Waals surface area contributed by atoms with Crippen molar-refractivity contribution in [2.24, 2.45) is 5.73 Å². The lowest BCUT2D eigenvalue weighted by atomic mass is 10.1. The minimum absolute atomic E-state index is 0.104. The van der Waals surface area contributed by atoms with Gasteiger partial charge in [0.05, 0.1) is 13.1 Å². The van der Waals surface area contributed by atoms with Gasteiger partial charge in [0.1, 0.15) is 0 Å². The van der Waals surface area contributed by atoms with Crippen molar-refractivity contribution in [3.05, 3.63) is 47.1 Å². The van der Waals surface area contributed by atoms with Gasteiger partial charge in [-0.1, -0.05) is 29.4 Å². The van der Waals surface area contributed by atoms with Gasteiger partial charge in [-0.3, -0.25) is 10.1 Å². The van der Waals surface area contributed by atoms with Crippen molar-refractivity contribution >= 4 is 5.91 Å². The fourth-order valence-corrected chi connectivity index (χ4v) is 2.54. The average Bonchev–Trinajstić information content (AvgIpc) is 3.03. The van der Waals surface area contributed by atoms with Crippen molar-refractivity contribution in [2.75, 3.05) is 6.54 Å². The van der Waals surface area contributed by atoms with Gasteiger partial charge in [-0.25, -0.2) is 0 Å². The molecule has 104 valence electrons. The van der Waals surface area contributed by atoms with Crippen LogP contribution in [0.2, 0.25) is 0 Å². The van der Waals surface area contributed by atoms with E-state index in [1.807, 2.05) is 0 Å². The molecule has 1 aliphatic carbocycles. The monoisotopic (exact) mass is 272 g/mol. The molecule has 0 saturated carbocycles. The highest BCUT2D eigenvalue weighted by Crippen LogP contribution is 2.32. The average molecular weight is 272 g/mol. The number of primary amides is 1. The number of hydrogen-bond donors (Lipinski definition) is 2. The lowest BCUT2D eigenvalue weighted by Crippen LogP contribution is -2.28. The standard InChI is InChI=1S/C14H16N4O2/c15-12(19)7-16-8-13-17-14(18-20-13)11-5-9-3-1-2-4-10(9)6-11/h1-4,11,16H,5-8H2,(H2,15,19). The molecule has 1 amide bonds. The molecule has 0 atom stereocenters. The van der Waals surface area contributed by atoms with Gasteiger partial charge in [0.2, 0.25) is 11.8 Å². The molecular formula is C14H16N4O2. The van der Waals surface area contributed by atoms with Gasteiger partial charge < -0.3 is 10.3 Å². The second-order valence-electron chi connectivity index (χ2n) is 4.99. The third-order valence-electron chi connectivity index (χ3n) is 3.48. The number of fused-ring (bicyclic) bond motifs is 1. The molecule has 0 bridgehead atoms. The van der Waals surface area contributed by atoms with Crippen LogP contribution in [-0.2, 0) is 24.2 Å². The normalized spacial score (nSPS) is 14.4. The zero-order chi connectivity index (χ0) is 13.9. The quantitative estimate of drug-likeness (QED) is 0.828. The number of aromatic nitrogens is 2. The van der Waals surface area contributed by atoms with E-state index in [1.165, 1.54) is 11.1 Å². The second-order valence-corrected chi connectivity index (χ2v) is 4.99. The van der Waals surface area contributed by atoms with E-state index in [4.69, 9.17) is 10.3 Å². The Morgan fingerprint density at radius 3 is 2.70 bits per heavy atom. The number of rotatable bonds is 5. The first-order chi connectivity index (χ1) is 9.72. The van der Waals surface area contributed by atoms with Crippen molar-refractivity contribution in [2.45, 2.75) is 25.3 Å². The van der Waals surface area contributed by atoms with Gasteiger partial charge in [-0.15, -0.1) is 0 Å². The van der Waals surface area contributed by atoms with Crippen LogP contribution in [-0.4, -0.2) is 22.6 Å². The zero-order valence-electron chi connectivity index (χ0n) is 11.0. The molecular weight excluding hydrogens is 256 g/mol. The molecule has 1 heterocycles. The zero-order valence-corrected chi connectivity index (χ0v) is 11.0. The van der Waals surface area contributed by atoms with Crippen LogP contribution in [0.3, 0.4) is 0 Å². The topological polar surface area (TPSA) is 94.0 Å². The molecule has 1 aliphatic rings. The summed E-state index contributed by atoms with van der Waals surface area (Å²) in [7, 11) is 0. The first kappa shape index (κ1) is 12.8. The van der Waals surface area contributed by atoms with Gasteiger partial charge in [-0.05, 0) is 24.0 Å². The van der Waals surface area contributed by atoms with Crippen LogP contribution < -0.4 is 11.1 Å². The molecule has 1 aromatic heterocycles. The number of carbonyl (C=O) groups excluding carboxylic acids is 1. The molecule has 0 aliphatic heterocycles. The smallest absolute Gasteiger partial charge is 0.240 e. The number of hydrogen-bond acceptors (Lipinski definition) is 5. The molecule has 0 fully saturated rings. The summed E-state index contributed by atoms with van der Waals surface area (Å²) in [6.45, 7) is 0.461. The predicted octanol–water partition coefficient (Wildman–Crippen LogP) is 0.527. The van der Waals surface area contributed by atoms with E-state index in [0.717, 1.165) is 18.7 Å². The lowest BCUT2D eigenvalue weighted by Gasteiger charge is -2.00. The molecule has 0 unspecified atom stereocenters. The van der Waals surface area contributed by atoms with E-state index in [-0.39, 0.29) is 12.5 Å². The highest BCUT2D eigenvalue weighted by Gasteiger charge is 2.26. The summed E-state index contributed by atoms with van der Waals surface area (Å²) in [6.07, 6.45) is 1.90. The molecule has 3 N–H and O–H groups in total. The highest BCUT2D eigenvalue weighted by atomic mass is 16.5. The molecule has 20 heavy (non-hydrogen) atoms. The first-order valence-corrected chi connectivity index (χ1v) is 6.60. The largest absolute Gasteiger partial charge is 0.369 e. The Morgan fingerprint density at radius 1 is 1.35 bits per heavy atom. The maximum Gasteiger partial charge on any atom is 0.240 e. The van der Waals surface area contributed by atoms with E-state index >= 15 is 0 Å². The van der Waals surface area contributed by atoms with E-state index in [9.17, 15) is 4.79 Å². The molecule has 0 spiro atoms. The summed E-state index contributed by atoms with van der Waals surface area (Å²) in [4.78, 5) is 15.0. The Kier molecular flexibility index (Phi) is 3.47. The van der Waals surface area contributed by atoms with Gasteiger partial charge in [-0.2, -0.15) is 4.98 Å². The van der Waals surface area contributed by atoms with Crippen molar-refractivity contribution < 1.29 is 9.32 Å². The Hall–Kier alpha value is -2.21. The number of nitrogens with one attached hydrogen (secondary N) is 1. The van der Waals surface area contributed by atoms with Crippen LogP contribution in [0.1, 0.15) is 28.8 Å². The maximum absolute atomic E-state index is 10.6. The summed E-state index contributed by atoms with van der Waals surface area (Å²) in [5.41, 5.74) is 7.76. The van der Waals surface area contributed by atoms with Crippen molar-refractivity contribution in [3.63, 3.8) is 0 Å². The number of nitrogens with two attached hydrogens (primary N) is 1. The molecule has 0 radical (unpaired) electrons. The molecule has 1 aromatic carbocycles. The van der Waals surface area contributed by atoms with E-state index in [1.54, 1.807) is 0 Å². The van der Waals surface area contributed by atoms with E-state index in [2.05, 4.69) is 39.7 Å². The summed E-state index contributed by atoms with van der Waals surface area (Å²) < 4.78 is 5.18. The summed E-state index contributed by atoms with van der Waals surface area (Å²) in [5.74, 6) is 1.09. The molecule has 6 heteroatoms. The number of amides is 1. The lowest BCUT2D eigenvalue weighted by molar-refractivity contribution is -0.117. The Bertz CT molecular complexity index is 598. The van der Waals surface area contributed by atoms with Gasteiger partial charge in [0, 0.05) is 5.92 Å². The minimum atomic E-state index is -0.406. The fraction of sp³-hybridized carbons (Fsp3) is 0.357. The van der Waals surface area contributed by atoms with Gasteiger partial charge >= 0.3 is 0 Å². The third kappa shape index (κ3) is 2.70. The van der Waals surface area contributed by atoms with Crippen LogP contribution >= 0.6 is 0 Å². The van der Waals surface area contributed by atoms with Crippen molar-refractivity contribution in [3.8, 4) is 0 Å². The summed E-state index contributed by atoms with van der Waals surface area (Å²) in [6, 6.07) is 8.39. The van der Waals surface area contributed by atoms with Crippen LogP contribution in [0.4, 0.5) is 0 Å². The Labute approximate surface area is 116 Å². The second kappa shape index (κ2) is 5.42. The van der Waals surface area contributed by atoms with Gasteiger partial charge in [0.25, 0.3) is 0 Å². The minimum Gasteiger partial charge on any atom is -0.369 e. The highest BCUT2D eigenvalue weighted by molar-refractivity contribution is 5.75. The summed E-state index contributed by atoms with van der Waals surface area (Å²) in [5, 5.41) is 6.89. The summed E-state index contributed by atoms with van der Waals surface area (Å²) >= 11 is 0. The van der Waals surface area contributed by atoms with Crippen LogP contribution in [0.5, 0.6) is 0 Å². The fourth-order valence-electron chi connectivity index (χ4n) is 2.54. The van der Waals surface area contributed by atoms with Crippen LogP contribution in [0, 0.1) is 0 Å². The molecule has 3 rings (SSSR count). The van der Waals surface area contributed by atoms with Crippen molar-refractivity contribution in [1.82, 2.24) is 15.5 Å².